The van der Waals surface area contributed by atoms with Gasteiger partial charge in [-0.15, -0.1) is 5.92 Å². The topological polar surface area (TPSA) is 61.8 Å². The summed E-state index contributed by atoms with van der Waals surface area (Å²) in [4.78, 5) is 12.8. The summed E-state index contributed by atoms with van der Waals surface area (Å²) in [5.74, 6) is 5.91. The van der Waals surface area contributed by atoms with Crippen LogP contribution in [-0.2, 0) is 11.2 Å². The number of carboxylic acids is 1. The van der Waals surface area contributed by atoms with Gasteiger partial charge in [0.25, 0.3) is 0 Å². The van der Waals surface area contributed by atoms with Crippen LogP contribution in [0.25, 0.3) is 0 Å². The van der Waals surface area contributed by atoms with E-state index in [0.717, 1.165) is 12.2 Å². The maximum absolute atomic E-state index is 10.6. The molecule has 1 rings (SSSR count). The maximum atomic E-state index is 10.6. The Morgan fingerprint density at radius 1 is 1.41 bits per heavy atom. The molecule has 0 bridgehead atoms. The van der Waals surface area contributed by atoms with E-state index in [4.69, 9.17) is 9.84 Å². The molecule has 2 N–H and O–H groups in total. The van der Waals surface area contributed by atoms with Crippen molar-refractivity contribution >= 4 is 5.97 Å². The van der Waals surface area contributed by atoms with Crippen LogP contribution in [0.2, 0.25) is 0 Å². The lowest BCUT2D eigenvalue weighted by Crippen LogP contribution is -2.43. The van der Waals surface area contributed by atoms with E-state index >= 15 is 0 Å². The number of nitrogens with one attached hydrogen (secondary N) is 1. The Bertz CT molecular complexity index is 517. The Balaban J connectivity index is 2.68. The second kappa shape index (κ2) is 9.82. The first-order valence-corrected chi connectivity index (χ1v) is 7.22. The molecular formula is C17H24N2O3. The van der Waals surface area contributed by atoms with E-state index in [9.17, 15) is 4.79 Å². The first kappa shape index (κ1) is 18.0. The highest BCUT2D eigenvalue weighted by Gasteiger charge is 2.15. The van der Waals surface area contributed by atoms with Crippen LogP contribution in [-0.4, -0.2) is 55.8 Å². The van der Waals surface area contributed by atoms with Crippen molar-refractivity contribution in [2.24, 2.45) is 0 Å². The van der Waals surface area contributed by atoms with Gasteiger partial charge in [0.1, 0.15) is 5.75 Å². The number of rotatable bonds is 9. The van der Waals surface area contributed by atoms with Gasteiger partial charge in [-0.05, 0) is 38.1 Å². The van der Waals surface area contributed by atoms with Gasteiger partial charge in [0.15, 0.2) is 0 Å². The smallest absolute Gasteiger partial charge is 0.317 e. The number of hydrogen-bond acceptors (Lipinski definition) is 4. The molecule has 0 saturated heterocycles. The number of ether oxygens (including phenoxy) is 1. The monoisotopic (exact) mass is 304 g/mol. The number of carbonyl (C=O) groups is 1. The fourth-order valence-electron chi connectivity index (χ4n) is 2.10. The van der Waals surface area contributed by atoms with Gasteiger partial charge in [-0.3, -0.25) is 9.69 Å². The molecule has 5 heteroatoms. The molecule has 0 fully saturated rings. The molecule has 1 aromatic rings. The fraction of sp³-hybridized carbons (Fsp3) is 0.471. The Hall–Kier alpha value is -2.03. The molecule has 1 atom stereocenters. The Morgan fingerprint density at radius 2 is 2.09 bits per heavy atom. The van der Waals surface area contributed by atoms with E-state index in [0.29, 0.717) is 13.1 Å². The highest BCUT2D eigenvalue weighted by atomic mass is 16.5. The maximum Gasteiger partial charge on any atom is 0.317 e. The molecule has 1 aromatic carbocycles. The molecule has 0 aliphatic carbocycles. The van der Waals surface area contributed by atoms with E-state index in [1.165, 1.54) is 5.56 Å². The molecule has 0 aromatic heterocycles. The highest BCUT2D eigenvalue weighted by Crippen LogP contribution is 2.14. The SMILES string of the molecule is CC#CCN(C)[C@H](CNCC(=O)O)Cc1ccc(OC)cc1. The normalized spacial score (nSPS) is 11.6. The van der Waals surface area contributed by atoms with Crippen molar-refractivity contribution in [3.63, 3.8) is 0 Å². The predicted molar refractivity (Wildman–Crippen MR) is 87.1 cm³/mol. The van der Waals surface area contributed by atoms with Gasteiger partial charge in [0.2, 0.25) is 0 Å². The third-order valence-corrected chi connectivity index (χ3v) is 3.42. The average Bonchev–Trinajstić information content (AvgIpc) is 2.52. The largest absolute Gasteiger partial charge is 0.497 e. The molecule has 0 amide bonds. The molecule has 120 valence electrons. The number of benzene rings is 1. The third kappa shape index (κ3) is 6.61. The summed E-state index contributed by atoms with van der Waals surface area (Å²) in [6, 6.07) is 8.10. The van der Waals surface area contributed by atoms with Gasteiger partial charge >= 0.3 is 5.97 Å². The zero-order valence-electron chi connectivity index (χ0n) is 13.4. The van der Waals surface area contributed by atoms with Crippen LogP contribution in [0.3, 0.4) is 0 Å². The van der Waals surface area contributed by atoms with E-state index in [-0.39, 0.29) is 12.6 Å². The van der Waals surface area contributed by atoms with Crippen molar-refractivity contribution in [2.75, 3.05) is 33.8 Å². The van der Waals surface area contributed by atoms with Crippen molar-refractivity contribution in [2.45, 2.75) is 19.4 Å². The fourth-order valence-corrected chi connectivity index (χ4v) is 2.10. The molecule has 0 aliphatic rings. The van der Waals surface area contributed by atoms with Crippen LogP contribution in [0.1, 0.15) is 12.5 Å². The molecule has 0 radical (unpaired) electrons. The van der Waals surface area contributed by atoms with Crippen LogP contribution >= 0.6 is 0 Å². The molecule has 0 saturated carbocycles. The molecular weight excluding hydrogens is 280 g/mol. The summed E-state index contributed by atoms with van der Waals surface area (Å²) in [5.41, 5.74) is 1.18. The molecule has 0 unspecified atom stereocenters. The van der Waals surface area contributed by atoms with Gasteiger partial charge < -0.3 is 15.2 Å². The number of carboxylic acid groups (broad SMARTS) is 1. The van der Waals surface area contributed by atoms with Crippen molar-refractivity contribution in [1.29, 1.82) is 0 Å². The Labute approximate surface area is 132 Å². The number of likely N-dealkylation sites (N-methyl/N-ethyl adjacent to an activating group) is 1. The average molecular weight is 304 g/mol. The van der Waals surface area contributed by atoms with Gasteiger partial charge in [0, 0.05) is 12.6 Å². The second-order valence-corrected chi connectivity index (χ2v) is 5.07. The minimum Gasteiger partial charge on any atom is -0.497 e. The van der Waals surface area contributed by atoms with Crippen molar-refractivity contribution in [3.8, 4) is 17.6 Å². The lowest BCUT2D eigenvalue weighted by molar-refractivity contribution is -0.136. The quantitative estimate of drug-likeness (QED) is 0.672. The summed E-state index contributed by atoms with van der Waals surface area (Å²) in [6.45, 7) is 3.04. The van der Waals surface area contributed by atoms with Crippen LogP contribution in [0.4, 0.5) is 0 Å². The zero-order chi connectivity index (χ0) is 16.4. The minimum absolute atomic E-state index is 0.0353. The van der Waals surface area contributed by atoms with E-state index < -0.39 is 5.97 Å². The van der Waals surface area contributed by atoms with Crippen LogP contribution in [0.15, 0.2) is 24.3 Å². The molecule has 0 spiro atoms. The third-order valence-electron chi connectivity index (χ3n) is 3.42. The lowest BCUT2D eigenvalue weighted by Gasteiger charge is -2.27. The number of nitrogens with zero attached hydrogens (tertiary/aromatic N) is 1. The molecule has 0 aliphatic heterocycles. The van der Waals surface area contributed by atoms with Crippen molar-refractivity contribution < 1.29 is 14.6 Å². The summed E-state index contributed by atoms with van der Waals surface area (Å²) in [6.07, 6.45) is 0.818. The summed E-state index contributed by atoms with van der Waals surface area (Å²) in [7, 11) is 3.64. The van der Waals surface area contributed by atoms with E-state index in [2.05, 4.69) is 22.1 Å². The van der Waals surface area contributed by atoms with Gasteiger partial charge in [-0.1, -0.05) is 18.1 Å². The number of aliphatic carboxylic acids is 1. The van der Waals surface area contributed by atoms with Gasteiger partial charge in [0.05, 0.1) is 20.2 Å². The first-order valence-electron chi connectivity index (χ1n) is 7.22. The van der Waals surface area contributed by atoms with Crippen LogP contribution in [0.5, 0.6) is 5.75 Å². The van der Waals surface area contributed by atoms with Crippen LogP contribution in [0, 0.1) is 11.8 Å². The zero-order valence-corrected chi connectivity index (χ0v) is 13.4. The second-order valence-electron chi connectivity index (χ2n) is 5.07. The van der Waals surface area contributed by atoms with Crippen LogP contribution < -0.4 is 10.1 Å². The van der Waals surface area contributed by atoms with E-state index in [1.807, 2.05) is 38.2 Å². The van der Waals surface area contributed by atoms with Crippen molar-refractivity contribution in [3.05, 3.63) is 29.8 Å². The number of hydrogen-bond donors (Lipinski definition) is 2. The van der Waals surface area contributed by atoms with Gasteiger partial charge in [-0.2, -0.15) is 0 Å². The number of methoxy groups -OCH3 is 1. The first-order chi connectivity index (χ1) is 10.6. The highest BCUT2D eigenvalue weighted by molar-refractivity contribution is 5.68. The molecule has 0 heterocycles. The summed E-state index contributed by atoms with van der Waals surface area (Å²) >= 11 is 0. The van der Waals surface area contributed by atoms with Crippen molar-refractivity contribution in [1.82, 2.24) is 10.2 Å². The lowest BCUT2D eigenvalue weighted by atomic mass is 10.0. The standard InChI is InChI=1S/C17H24N2O3/c1-4-5-10-19(2)15(12-18-13-17(20)21)11-14-6-8-16(22-3)9-7-14/h6-9,15,18H,10-13H2,1-3H3,(H,20,21)/t15-/m0/s1. The van der Waals surface area contributed by atoms with Gasteiger partial charge in [-0.25, -0.2) is 0 Å². The summed E-state index contributed by atoms with van der Waals surface area (Å²) < 4.78 is 5.16. The van der Waals surface area contributed by atoms with E-state index in [1.54, 1.807) is 7.11 Å². The predicted octanol–water partition coefficient (Wildman–Crippen LogP) is 1.24. The molecule has 5 nitrogen and oxygen atoms in total. The summed E-state index contributed by atoms with van der Waals surface area (Å²) in [5, 5.41) is 11.7. The Kier molecular flexibility index (Phi) is 8.05. The molecule has 22 heavy (non-hydrogen) atoms. The minimum atomic E-state index is -0.848. The Morgan fingerprint density at radius 3 is 2.64 bits per heavy atom.